The van der Waals surface area contributed by atoms with E-state index in [9.17, 15) is 0 Å². The lowest BCUT2D eigenvalue weighted by atomic mass is 10.2. The maximum atomic E-state index is 5.83. The average molecular weight is 243 g/mol. The van der Waals surface area contributed by atoms with E-state index >= 15 is 0 Å². The number of benzene rings is 1. The van der Waals surface area contributed by atoms with Crippen molar-refractivity contribution in [1.82, 2.24) is 9.97 Å². The first-order valence-electron chi connectivity index (χ1n) is 5.53. The van der Waals surface area contributed by atoms with Crippen LogP contribution >= 0.6 is 11.3 Å². The molecule has 0 saturated carbocycles. The summed E-state index contributed by atoms with van der Waals surface area (Å²) in [6, 6.07) is 8.23. The van der Waals surface area contributed by atoms with E-state index in [-0.39, 0.29) is 6.04 Å². The topological polar surface area (TPSA) is 54.7 Å². The van der Waals surface area contributed by atoms with Crippen LogP contribution in [0.2, 0.25) is 0 Å². The third-order valence-electron chi connectivity index (χ3n) is 2.81. The molecule has 1 aromatic carbocycles. The number of para-hydroxylation sites is 1. The summed E-state index contributed by atoms with van der Waals surface area (Å²) in [7, 11) is 0. The number of hydrogen-bond acceptors (Lipinski definition) is 3. The van der Waals surface area contributed by atoms with Gasteiger partial charge in [-0.25, -0.2) is 4.98 Å². The Balaban J connectivity index is 2.14. The highest BCUT2D eigenvalue weighted by Crippen LogP contribution is 2.31. The molecule has 0 radical (unpaired) electrons. The second-order valence-electron chi connectivity index (χ2n) is 4.11. The highest BCUT2D eigenvalue weighted by atomic mass is 32.1. The van der Waals surface area contributed by atoms with Gasteiger partial charge in [0.25, 0.3) is 0 Å². The lowest BCUT2D eigenvalue weighted by Crippen LogP contribution is -2.04. The minimum Gasteiger partial charge on any atom is -0.360 e. The summed E-state index contributed by atoms with van der Waals surface area (Å²) in [6.45, 7) is 1.95. The molecule has 0 saturated heterocycles. The van der Waals surface area contributed by atoms with E-state index < -0.39 is 0 Å². The average Bonchev–Trinajstić information content (AvgIpc) is 2.95. The molecule has 1 unspecified atom stereocenters. The summed E-state index contributed by atoms with van der Waals surface area (Å²) < 4.78 is 0. The number of rotatable bonds is 2. The Hall–Kier alpha value is -1.65. The molecule has 0 amide bonds. The van der Waals surface area contributed by atoms with Crippen LogP contribution in [-0.4, -0.2) is 9.97 Å². The Morgan fingerprint density at radius 2 is 2.18 bits per heavy atom. The highest BCUT2D eigenvalue weighted by molar-refractivity contribution is 7.13. The molecular weight excluding hydrogens is 230 g/mol. The third-order valence-corrected chi connectivity index (χ3v) is 3.70. The van der Waals surface area contributed by atoms with Crippen molar-refractivity contribution in [3.63, 3.8) is 0 Å². The maximum Gasteiger partial charge on any atom is 0.125 e. The van der Waals surface area contributed by atoms with Gasteiger partial charge in [0, 0.05) is 34.1 Å². The summed E-state index contributed by atoms with van der Waals surface area (Å²) in [5.41, 5.74) is 9.07. The van der Waals surface area contributed by atoms with E-state index in [0.717, 1.165) is 21.8 Å². The van der Waals surface area contributed by atoms with Gasteiger partial charge in [-0.3, -0.25) is 0 Å². The van der Waals surface area contributed by atoms with E-state index in [1.165, 1.54) is 5.39 Å². The highest BCUT2D eigenvalue weighted by Gasteiger charge is 2.11. The summed E-state index contributed by atoms with van der Waals surface area (Å²) in [4.78, 5) is 7.84. The minimum atomic E-state index is -0.00907. The van der Waals surface area contributed by atoms with Crippen molar-refractivity contribution in [2.45, 2.75) is 13.0 Å². The molecule has 0 spiro atoms. The predicted octanol–water partition coefficient (Wildman–Crippen LogP) is 3.31. The molecular formula is C13H13N3S. The molecule has 1 atom stereocenters. The molecule has 0 aliphatic heterocycles. The third kappa shape index (κ3) is 1.75. The molecule has 3 N–H and O–H groups in total. The van der Waals surface area contributed by atoms with Crippen LogP contribution in [0.1, 0.15) is 18.7 Å². The first-order chi connectivity index (χ1) is 8.25. The van der Waals surface area contributed by atoms with Crippen molar-refractivity contribution in [2.75, 3.05) is 0 Å². The first-order valence-corrected chi connectivity index (χ1v) is 6.41. The summed E-state index contributed by atoms with van der Waals surface area (Å²) in [6.07, 6.45) is 2.01. The number of fused-ring (bicyclic) bond motifs is 1. The zero-order valence-electron chi connectivity index (χ0n) is 9.47. The molecule has 0 bridgehead atoms. The largest absolute Gasteiger partial charge is 0.360 e. The predicted molar refractivity (Wildman–Crippen MR) is 72.0 cm³/mol. The summed E-state index contributed by atoms with van der Waals surface area (Å²) in [5.74, 6) is 0. The van der Waals surface area contributed by atoms with Crippen LogP contribution in [0.15, 0.2) is 35.8 Å². The van der Waals surface area contributed by atoms with Crippen LogP contribution in [-0.2, 0) is 0 Å². The number of hydrogen-bond donors (Lipinski definition) is 2. The van der Waals surface area contributed by atoms with Crippen molar-refractivity contribution in [3.05, 3.63) is 41.5 Å². The van der Waals surface area contributed by atoms with Crippen LogP contribution in [0.4, 0.5) is 0 Å². The van der Waals surface area contributed by atoms with Gasteiger partial charge in [0.1, 0.15) is 5.01 Å². The molecule has 0 fully saturated rings. The fourth-order valence-corrected chi connectivity index (χ4v) is 2.82. The van der Waals surface area contributed by atoms with E-state index in [1.807, 2.05) is 30.6 Å². The van der Waals surface area contributed by atoms with E-state index in [0.29, 0.717) is 0 Å². The number of aromatic amines is 1. The van der Waals surface area contributed by atoms with Gasteiger partial charge in [0.15, 0.2) is 0 Å². The van der Waals surface area contributed by atoms with Gasteiger partial charge in [0.2, 0.25) is 0 Å². The lowest BCUT2D eigenvalue weighted by Gasteiger charge is -1.97. The molecule has 86 valence electrons. The Kier molecular flexibility index (Phi) is 2.46. The fourth-order valence-electron chi connectivity index (χ4n) is 1.87. The van der Waals surface area contributed by atoms with Gasteiger partial charge in [0.05, 0.1) is 5.69 Å². The zero-order chi connectivity index (χ0) is 11.8. The van der Waals surface area contributed by atoms with Gasteiger partial charge < -0.3 is 10.7 Å². The first kappa shape index (κ1) is 10.5. The fraction of sp³-hybridized carbons (Fsp3) is 0.154. The van der Waals surface area contributed by atoms with E-state index in [2.05, 4.69) is 22.1 Å². The summed E-state index contributed by atoms with van der Waals surface area (Å²) >= 11 is 1.64. The molecule has 4 heteroatoms. The standard InChI is InChI=1S/C13H13N3S/c1-8(14)12-7-17-13(16-12)10-6-15-11-5-3-2-4-9(10)11/h2-8,15H,14H2,1H3. The van der Waals surface area contributed by atoms with Gasteiger partial charge in [-0.1, -0.05) is 18.2 Å². The zero-order valence-corrected chi connectivity index (χ0v) is 10.3. The second kappa shape index (κ2) is 3.98. The number of aromatic nitrogens is 2. The Bertz CT molecular complexity index is 651. The van der Waals surface area contributed by atoms with Crippen LogP contribution in [0.3, 0.4) is 0 Å². The number of thiazole rings is 1. The molecule has 2 aromatic heterocycles. The molecule has 0 aliphatic rings. The Morgan fingerprint density at radius 3 is 2.94 bits per heavy atom. The van der Waals surface area contributed by atoms with Gasteiger partial charge >= 0.3 is 0 Å². The minimum absolute atomic E-state index is 0.00907. The van der Waals surface area contributed by atoms with E-state index in [4.69, 9.17) is 5.73 Å². The number of nitrogens with one attached hydrogen (secondary N) is 1. The van der Waals surface area contributed by atoms with Gasteiger partial charge in [-0.15, -0.1) is 11.3 Å². The van der Waals surface area contributed by atoms with Crippen molar-refractivity contribution in [2.24, 2.45) is 5.73 Å². The van der Waals surface area contributed by atoms with E-state index in [1.54, 1.807) is 11.3 Å². The molecule has 17 heavy (non-hydrogen) atoms. The molecule has 2 heterocycles. The Labute approximate surface area is 103 Å². The van der Waals surface area contributed by atoms with Gasteiger partial charge in [-0.2, -0.15) is 0 Å². The van der Waals surface area contributed by atoms with Crippen molar-refractivity contribution < 1.29 is 0 Å². The van der Waals surface area contributed by atoms with Crippen molar-refractivity contribution >= 4 is 22.2 Å². The number of nitrogens with two attached hydrogens (primary N) is 1. The quantitative estimate of drug-likeness (QED) is 0.725. The second-order valence-corrected chi connectivity index (χ2v) is 4.97. The van der Waals surface area contributed by atoms with Crippen LogP contribution in [0.5, 0.6) is 0 Å². The van der Waals surface area contributed by atoms with Crippen LogP contribution in [0.25, 0.3) is 21.5 Å². The van der Waals surface area contributed by atoms with Crippen molar-refractivity contribution in [1.29, 1.82) is 0 Å². The monoisotopic (exact) mass is 243 g/mol. The number of H-pyrrole nitrogens is 1. The number of nitrogens with zero attached hydrogens (tertiary/aromatic N) is 1. The molecule has 0 aliphatic carbocycles. The Morgan fingerprint density at radius 1 is 1.35 bits per heavy atom. The van der Waals surface area contributed by atoms with Crippen LogP contribution in [0, 0.1) is 0 Å². The van der Waals surface area contributed by atoms with Crippen LogP contribution < -0.4 is 5.73 Å². The molecule has 3 rings (SSSR count). The summed E-state index contributed by atoms with van der Waals surface area (Å²) in [5, 5.41) is 4.26. The molecule has 3 nitrogen and oxygen atoms in total. The maximum absolute atomic E-state index is 5.83. The smallest absolute Gasteiger partial charge is 0.125 e. The van der Waals surface area contributed by atoms with Gasteiger partial charge in [-0.05, 0) is 13.0 Å². The molecule has 3 aromatic rings. The lowest BCUT2D eigenvalue weighted by molar-refractivity contribution is 0.790. The van der Waals surface area contributed by atoms with Crippen molar-refractivity contribution in [3.8, 4) is 10.6 Å². The SMILES string of the molecule is CC(N)c1csc(-c2c[nH]c3ccccc23)n1. The normalized spacial score (nSPS) is 13.1.